The van der Waals surface area contributed by atoms with Crippen LogP contribution in [0.5, 0.6) is 0 Å². The summed E-state index contributed by atoms with van der Waals surface area (Å²) in [7, 11) is -3.44. The van der Waals surface area contributed by atoms with Gasteiger partial charge in [-0.2, -0.15) is 4.31 Å². The fourth-order valence-electron chi connectivity index (χ4n) is 2.32. The molecule has 2 rings (SSSR count). The van der Waals surface area contributed by atoms with Crippen molar-refractivity contribution in [2.24, 2.45) is 0 Å². The molecule has 0 bridgehead atoms. The maximum atomic E-state index is 12.4. The Labute approximate surface area is 118 Å². The predicted octanol–water partition coefficient (Wildman–Crippen LogP) is 1.96. The van der Waals surface area contributed by atoms with Crippen molar-refractivity contribution in [2.75, 3.05) is 6.54 Å². The topological polar surface area (TPSA) is 74.7 Å². The summed E-state index contributed by atoms with van der Waals surface area (Å²) in [5.74, 6) is -1.03. The van der Waals surface area contributed by atoms with E-state index in [1.807, 2.05) is 6.92 Å². The molecule has 1 aromatic carbocycles. The number of carbonyl (C=O) groups is 1. The van der Waals surface area contributed by atoms with Crippen molar-refractivity contribution in [1.82, 2.24) is 4.31 Å². The molecule has 20 heavy (non-hydrogen) atoms. The van der Waals surface area contributed by atoms with Gasteiger partial charge in [0.2, 0.25) is 10.0 Å². The van der Waals surface area contributed by atoms with Crippen LogP contribution in [0.15, 0.2) is 35.2 Å². The van der Waals surface area contributed by atoms with E-state index in [1.165, 1.54) is 22.5 Å². The highest BCUT2D eigenvalue weighted by Gasteiger charge is 2.32. The zero-order valence-corrected chi connectivity index (χ0v) is 12.0. The summed E-state index contributed by atoms with van der Waals surface area (Å²) >= 11 is 0. The van der Waals surface area contributed by atoms with Crippen molar-refractivity contribution >= 4 is 22.1 Å². The molecule has 0 spiro atoms. The van der Waals surface area contributed by atoms with E-state index in [0.717, 1.165) is 18.9 Å². The first kappa shape index (κ1) is 14.7. The SMILES string of the molecule is CC1CCCN1S(=O)(=O)c1ccc(/C=C/C(=O)O)cc1. The van der Waals surface area contributed by atoms with Gasteiger partial charge in [0.1, 0.15) is 0 Å². The van der Waals surface area contributed by atoms with Gasteiger partial charge in [0.25, 0.3) is 0 Å². The highest BCUT2D eigenvalue weighted by Crippen LogP contribution is 2.25. The minimum absolute atomic E-state index is 0.0339. The molecule has 0 aliphatic carbocycles. The van der Waals surface area contributed by atoms with Crippen molar-refractivity contribution in [2.45, 2.75) is 30.7 Å². The van der Waals surface area contributed by atoms with Crippen LogP contribution >= 0.6 is 0 Å². The van der Waals surface area contributed by atoms with E-state index < -0.39 is 16.0 Å². The van der Waals surface area contributed by atoms with Crippen molar-refractivity contribution < 1.29 is 18.3 Å². The average molecular weight is 295 g/mol. The van der Waals surface area contributed by atoms with Crippen LogP contribution in [0, 0.1) is 0 Å². The van der Waals surface area contributed by atoms with Crippen LogP contribution in [0.4, 0.5) is 0 Å². The standard InChI is InChI=1S/C14H17NO4S/c1-11-3-2-10-15(11)20(18,19)13-7-4-12(5-8-13)6-9-14(16)17/h4-9,11H,2-3,10H2,1H3,(H,16,17)/b9-6+. The molecule has 1 N–H and O–H groups in total. The van der Waals surface area contributed by atoms with E-state index in [-0.39, 0.29) is 10.9 Å². The summed E-state index contributed by atoms with van der Waals surface area (Å²) in [6, 6.07) is 6.27. The first-order valence-corrected chi connectivity index (χ1v) is 7.88. The van der Waals surface area contributed by atoms with Gasteiger partial charge in [0.05, 0.1) is 4.90 Å². The third kappa shape index (κ3) is 3.08. The molecule has 0 radical (unpaired) electrons. The summed E-state index contributed by atoms with van der Waals surface area (Å²) in [6.07, 6.45) is 4.22. The zero-order valence-electron chi connectivity index (χ0n) is 11.2. The second-order valence-electron chi connectivity index (χ2n) is 4.85. The number of carboxylic acid groups (broad SMARTS) is 1. The monoisotopic (exact) mass is 295 g/mol. The van der Waals surface area contributed by atoms with Gasteiger partial charge < -0.3 is 5.11 Å². The fourth-order valence-corrected chi connectivity index (χ4v) is 4.02. The summed E-state index contributed by atoms with van der Waals surface area (Å²) in [5.41, 5.74) is 0.654. The number of carboxylic acids is 1. The van der Waals surface area contributed by atoms with Crippen molar-refractivity contribution in [3.63, 3.8) is 0 Å². The summed E-state index contributed by atoms with van der Waals surface area (Å²) in [4.78, 5) is 10.7. The molecule has 1 atom stereocenters. The largest absolute Gasteiger partial charge is 0.478 e. The number of hydrogen-bond acceptors (Lipinski definition) is 3. The Morgan fingerprint density at radius 2 is 2.00 bits per heavy atom. The molecule has 5 nitrogen and oxygen atoms in total. The van der Waals surface area contributed by atoms with Gasteiger partial charge in [-0.1, -0.05) is 12.1 Å². The average Bonchev–Trinajstić information content (AvgIpc) is 2.84. The van der Waals surface area contributed by atoms with E-state index in [4.69, 9.17) is 5.11 Å². The van der Waals surface area contributed by atoms with E-state index in [0.29, 0.717) is 12.1 Å². The molecule has 1 saturated heterocycles. The smallest absolute Gasteiger partial charge is 0.328 e. The van der Waals surface area contributed by atoms with Crippen molar-refractivity contribution in [3.05, 3.63) is 35.9 Å². The van der Waals surface area contributed by atoms with Gasteiger partial charge >= 0.3 is 5.97 Å². The number of benzene rings is 1. The summed E-state index contributed by atoms with van der Waals surface area (Å²) in [6.45, 7) is 2.47. The lowest BCUT2D eigenvalue weighted by Gasteiger charge is -2.20. The third-order valence-corrected chi connectivity index (χ3v) is 5.42. The van der Waals surface area contributed by atoms with Gasteiger partial charge in [-0.25, -0.2) is 13.2 Å². The molecule has 1 unspecified atom stereocenters. The molecule has 1 heterocycles. The first-order valence-electron chi connectivity index (χ1n) is 6.44. The quantitative estimate of drug-likeness (QED) is 0.862. The Morgan fingerprint density at radius 3 is 2.50 bits per heavy atom. The Hall–Kier alpha value is -1.66. The lowest BCUT2D eigenvalue weighted by atomic mass is 10.2. The molecular weight excluding hydrogens is 278 g/mol. The third-order valence-electron chi connectivity index (χ3n) is 3.40. The van der Waals surface area contributed by atoms with E-state index in [2.05, 4.69) is 0 Å². The van der Waals surface area contributed by atoms with Crippen LogP contribution in [0.25, 0.3) is 6.08 Å². The minimum atomic E-state index is -3.44. The summed E-state index contributed by atoms with van der Waals surface area (Å²) in [5, 5.41) is 8.54. The van der Waals surface area contributed by atoms with Gasteiger partial charge in [0, 0.05) is 18.7 Å². The van der Waals surface area contributed by atoms with E-state index in [1.54, 1.807) is 12.1 Å². The van der Waals surface area contributed by atoms with Crippen molar-refractivity contribution in [3.8, 4) is 0 Å². The molecular formula is C14H17NO4S. The highest BCUT2D eigenvalue weighted by atomic mass is 32.2. The maximum absolute atomic E-state index is 12.4. The van der Waals surface area contributed by atoms with Gasteiger partial charge in [-0.15, -0.1) is 0 Å². The first-order chi connectivity index (χ1) is 9.41. The predicted molar refractivity (Wildman–Crippen MR) is 75.7 cm³/mol. The number of rotatable bonds is 4. The number of hydrogen-bond donors (Lipinski definition) is 1. The van der Waals surface area contributed by atoms with E-state index in [9.17, 15) is 13.2 Å². The van der Waals surface area contributed by atoms with Crippen LogP contribution in [0.2, 0.25) is 0 Å². The van der Waals surface area contributed by atoms with Gasteiger partial charge in [-0.05, 0) is 43.5 Å². The normalized spacial score (nSPS) is 20.6. The number of nitrogens with zero attached hydrogens (tertiary/aromatic N) is 1. The second kappa shape index (κ2) is 5.76. The van der Waals surface area contributed by atoms with Crippen LogP contribution in [0.1, 0.15) is 25.3 Å². The number of sulfonamides is 1. The van der Waals surface area contributed by atoms with Gasteiger partial charge in [-0.3, -0.25) is 0 Å². The van der Waals surface area contributed by atoms with Crippen LogP contribution in [-0.4, -0.2) is 36.4 Å². The van der Waals surface area contributed by atoms with Gasteiger partial charge in [0.15, 0.2) is 0 Å². The maximum Gasteiger partial charge on any atom is 0.328 e. The Balaban J connectivity index is 2.23. The molecule has 1 aromatic rings. The Morgan fingerprint density at radius 1 is 1.35 bits per heavy atom. The Kier molecular flexibility index (Phi) is 4.25. The second-order valence-corrected chi connectivity index (χ2v) is 6.74. The van der Waals surface area contributed by atoms with E-state index >= 15 is 0 Å². The molecule has 0 amide bonds. The molecule has 0 saturated carbocycles. The molecule has 1 fully saturated rings. The highest BCUT2D eigenvalue weighted by molar-refractivity contribution is 7.89. The van der Waals surface area contributed by atoms with Crippen LogP contribution in [-0.2, 0) is 14.8 Å². The zero-order chi connectivity index (χ0) is 14.8. The number of aliphatic carboxylic acids is 1. The van der Waals surface area contributed by atoms with Crippen LogP contribution < -0.4 is 0 Å². The molecule has 0 aromatic heterocycles. The van der Waals surface area contributed by atoms with Crippen LogP contribution in [0.3, 0.4) is 0 Å². The lowest BCUT2D eigenvalue weighted by molar-refractivity contribution is -0.131. The molecule has 1 aliphatic heterocycles. The van der Waals surface area contributed by atoms with Crippen molar-refractivity contribution in [1.29, 1.82) is 0 Å². The summed E-state index contributed by atoms with van der Waals surface area (Å²) < 4.78 is 26.4. The lowest BCUT2D eigenvalue weighted by Crippen LogP contribution is -2.33. The molecule has 108 valence electrons. The fraction of sp³-hybridized carbons (Fsp3) is 0.357. The minimum Gasteiger partial charge on any atom is -0.478 e. The molecule has 1 aliphatic rings. The Bertz CT molecular complexity index is 619. The molecule has 6 heteroatoms.